The molecule has 2 atom stereocenters. The number of hydrogen-bond donors (Lipinski definition) is 1. The second kappa shape index (κ2) is 7.00. The van der Waals surface area contributed by atoms with E-state index < -0.39 is 0 Å². The number of carbonyl (C=O) groups excluding carboxylic acids is 2. The molecule has 0 unspecified atom stereocenters. The lowest BCUT2D eigenvalue weighted by Crippen LogP contribution is -2.46. The van der Waals surface area contributed by atoms with Crippen LogP contribution in [0.3, 0.4) is 0 Å². The van der Waals surface area contributed by atoms with Crippen molar-refractivity contribution >= 4 is 29.1 Å². The largest absolute Gasteiger partial charge is 0.348 e. The van der Waals surface area contributed by atoms with Crippen molar-refractivity contribution in [2.45, 2.75) is 38.1 Å². The molecule has 1 aromatic carbocycles. The monoisotopic (exact) mass is 386 g/mol. The lowest BCUT2D eigenvalue weighted by Gasteiger charge is -2.36. The van der Waals surface area contributed by atoms with Gasteiger partial charge in [-0.1, -0.05) is 24.1 Å². The Morgan fingerprint density at radius 1 is 1.33 bits per heavy atom. The Bertz CT molecular complexity index is 880. The first-order valence-electron chi connectivity index (χ1n) is 9.35. The molecule has 1 spiro atoms. The molecular formula is C20H23ClN4O2. The molecule has 0 bridgehead atoms. The highest BCUT2D eigenvalue weighted by Crippen LogP contribution is 2.46. The molecular weight excluding hydrogens is 364 g/mol. The van der Waals surface area contributed by atoms with E-state index in [9.17, 15) is 9.59 Å². The van der Waals surface area contributed by atoms with Gasteiger partial charge in [-0.05, 0) is 49.9 Å². The van der Waals surface area contributed by atoms with Crippen molar-refractivity contribution in [3.05, 3.63) is 47.2 Å². The van der Waals surface area contributed by atoms with Gasteiger partial charge in [-0.3, -0.25) is 14.3 Å². The fourth-order valence-electron chi connectivity index (χ4n) is 4.41. The molecule has 142 valence electrons. The molecule has 7 heteroatoms. The molecule has 4 rings (SSSR count). The molecule has 0 radical (unpaired) electrons. The van der Waals surface area contributed by atoms with Gasteiger partial charge < -0.3 is 10.2 Å². The Morgan fingerprint density at radius 3 is 2.93 bits per heavy atom. The second-order valence-electron chi connectivity index (χ2n) is 7.61. The lowest BCUT2D eigenvalue weighted by molar-refractivity contribution is -0.127. The summed E-state index contributed by atoms with van der Waals surface area (Å²) in [5.74, 6) is -0.0173. The Kier molecular flexibility index (Phi) is 4.68. The predicted molar refractivity (Wildman–Crippen MR) is 104 cm³/mol. The standard InChI is InChI=1S/C20H23ClN4O2/c1-24-10-7-17(23-24)18(26)22-15-5-3-8-20(13-15)9-11-25(19(20)27)16-6-2-4-14(21)12-16/h2,4,6-7,10,12,15H,3,5,8-9,11,13H2,1H3,(H,22,26)/t15-,20-/m0/s1. The smallest absolute Gasteiger partial charge is 0.271 e. The molecule has 2 amide bonds. The highest BCUT2D eigenvalue weighted by molar-refractivity contribution is 6.31. The molecule has 2 aliphatic rings. The highest BCUT2D eigenvalue weighted by Gasteiger charge is 2.49. The normalized spacial score (nSPS) is 25.2. The SMILES string of the molecule is Cn1ccc(C(=O)N[C@H]2CCC[C@]3(CCN(c4cccc(Cl)c4)C3=O)C2)n1. The summed E-state index contributed by atoms with van der Waals surface area (Å²) >= 11 is 6.10. The first-order valence-corrected chi connectivity index (χ1v) is 9.73. The number of rotatable bonds is 3. The number of aromatic nitrogens is 2. The van der Waals surface area contributed by atoms with E-state index in [0.717, 1.165) is 31.4 Å². The number of halogens is 1. The van der Waals surface area contributed by atoms with Crippen molar-refractivity contribution in [3.63, 3.8) is 0 Å². The number of hydrogen-bond acceptors (Lipinski definition) is 3. The molecule has 2 aromatic rings. The second-order valence-corrected chi connectivity index (χ2v) is 8.04. The molecule has 1 aliphatic heterocycles. The van der Waals surface area contributed by atoms with Crippen molar-refractivity contribution in [2.75, 3.05) is 11.4 Å². The zero-order valence-electron chi connectivity index (χ0n) is 15.3. The first-order chi connectivity index (χ1) is 13.0. The van der Waals surface area contributed by atoms with E-state index in [2.05, 4.69) is 10.4 Å². The molecule has 2 heterocycles. The average molecular weight is 387 g/mol. The van der Waals surface area contributed by atoms with Crippen LogP contribution in [0.4, 0.5) is 5.69 Å². The average Bonchev–Trinajstić information content (AvgIpc) is 3.20. The van der Waals surface area contributed by atoms with Crippen LogP contribution in [0.25, 0.3) is 0 Å². The number of amides is 2. The summed E-state index contributed by atoms with van der Waals surface area (Å²) < 4.78 is 1.61. The fourth-order valence-corrected chi connectivity index (χ4v) is 4.60. The predicted octanol–water partition coefficient (Wildman–Crippen LogP) is 3.17. The quantitative estimate of drug-likeness (QED) is 0.881. The van der Waals surface area contributed by atoms with Gasteiger partial charge in [0.05, 0.1) is 5.41 Å². The van der Waals surface area contributed by atoms with Gasteiger partial charge in [0.15, 0.2) is 0 Å². The zero-order valence-corrected chi connectivity index (χ0v) is 16.1. The summed E-state index contributed by atoms with van der Waals surface area (Å²) in [4.78, 5) is 27.5. The minimum atomic E-state index is -0.386. The Morgan fingerprint density at radius 2 is 2.19 bits per heavy atom. The van der Waals surface area contributed by atoms with Gasteiger partial charge in [0, 0.05) is 36.5 Å². The number of carbonyl (C=O) groups is 2. The topological polar surface area (TPSA) is 67.2 Å². The van der Waals surface area contributed by atoms with Gasteiger partial charge in [0.2, 0.25) is 5.91 Å². The molecule has 1 aliphatic carbocycles. The number of anilines is 1. The van der Waals surface area contributed by atoms with Gasteiger partial charge in [-0.15, -0.1) is 0 Å². The van der Waals surface area contributed by atoms with Crippen LogP contribution >= 0.6 is 11.6 Å². The van der Waals surface area contributed by atoms with E-state index in [1.807, 2.05) is 29.2 Å². The van der Waals surface area contributed by atoms with Crippen molar-refractivity contribution < 1.29 is 9.59 Å². The zero-order chi connectivity index (χ0) is 19.0. The Labute approximate surface area is 163 Å². The van der Waals surface area contributed by atoms with Gasteiger partial charge in [-0.2, -0.15) is 5.10 Å². The van der Waals surface area contributed by atoms with E-state index in [-0.39, 0.29) is 23.3 Å². The third kappa shape index (κ3) is 3.46. The van der Waals surface area contributed by atoms with Crippen LogP contribution in [0.1, 0.15) is 42.6 Å². The van der Waals surface area contributed by atoms with E-state index in [0.29, 0.717) is 23.7 Å². The van der Waals surface area contributed by atoms with Gasteiger partial charge in [0.25, 0.3) is 5.91 Å². The summed E-state index contributed by atoms with van der Waals surface area (Å²) in [6.45, 7) is 0.695. The van der Waals surface area contributed by atoms with Crippen LogP contribution in [0.2, 0.25) is 5.02 Å². The maximum atomic E-state index is 13.3. The maximum absolute atomic E-state index is 13.3. The van der Waals surface area contributed by atoms with Gasteiger partial charge >= 0.3 is 0 Å². The Hall–Kier alpha value is -2.34. The van der Waals surface area contributed by atoms with Crippen LogP contribution in [-0.2, 0) is 11.8 Å². The number of nitrogens with zero attached hydrogens (tertiary/aromatic N) is 3. The van der Waals surface area contributed by atoms with Crippen molar-refractivity contribution in [3.8, 4) is 0 Å². The summed E-state index contributed by atoms with van der Waals surface area (Å²) in [5, 5.41) is 7.86. The van der Waals surface area contributed by atoms with Crippen molar-refractivity contribution in [2.24, 2.45) is 12.5 Å². The molecule has 1 aromatic heterocycles. The molecule has 6 nitrogen and oxygen atoms in total. The number of nitrogens with one attached hydrogen (secondary N) is 1. The summed E-state index contributed by atoms with van der Waals surface area (Å²) in [6, 6.07) is 9.14. The summed E-state index contributed by atoms with van der Waals surface area (Å²) in [5.41, 5.74) is 0.877. The number of aryl methyl sites for hydroxylation is 1. The highest BCUT2D eigenvalue weighted by atomic mass is 35.5. The van der Waals surface area contributed by atoms with Gasteiger partial charge in [-0.25, -0.2) is 0 Å². The van der Waals surface area contributed by atoms with Crippen LogP contribution < -0.4 is 10.2 Å². The Balaban J connectivity index is 1.47. The molecule has 2 fully saturated rings. The van der Waals surface area contributed by atoms with E-state index in [1.165, 1.54) is 0 Å². The van der Waals surface area contributed by atoms with Crippen molar-refractivity contribution in [1.82, 2.24) is 15.1 Å². The molecule has 1 saturated carbocycles. The van der Waals surface area contributed by atoms with Crippen LogP contribution in [0.15, 0.2) is 36.5 Å². The summed E-state index contributed by atoms with van der Waals surface area (Å²) in [6.07, 6.45) is 5.95. The minimum Gasteiger partial charge on any atom is -0.348 e. The molecule has 1 saturated heterocycles. The third-order valence-corrected chi connectivity index (χ3v) is 5.99. The van der Waals surface area contributed by atoms with E-state index in [4.69, 9.17) is 11.6 Å². The van der Waals surface area contributed by atoms with Gasteiger partial charge in [0.1, 0.15) is 5.69 Å². The molecule has 1 N–H and O–H groups in total. The maximum Gasteiger partial charge on any atom is 0.271 e. The minimum absolute atomic E-state index is 0.00322. The van der Waals surface area contributed by atoms with E-state index >= 15 is 0 Å². The van der Waals surface area contributed by atoms with Crippen LogP contribution in [0.5, 0.6) is 0 Å². The van der Waals surface area contributed by atoms with E-state index in [1.54, 1.807) is 24.0 Å². The fraction of sp³-hybridized carbons (Fsp3) is 0.450. The van der Waals surface area contributed by atoms with Crippen LogP contribution in [-0.4, -0.2) is 34.2 Å². The lowest BCUT2D eigenvalue weighted by atomic mass is 9.71. The third-order valence-electron chi connectivity index (χ3n) is 5.76. The van der Waals surface area contributed by atoms with Crippen molar-refractivity contribution in [1.29, 1.82) is 0 Å². The summed E-state index contributed by atoms with van der Waals surface area (Å²) in [7, 11) is 1.79. The van der Waals surface area contributed by atoms with Crippen LogP contribution in [0, 0.1) is 5.41 Å². The number of benzene rings is 1. The first kappa shape index (κ1) is 18.0. The molecule has 27 heavy (non-hydrogen) atoms.